The summed E-state index contributed by atoms with van der Waals surface area (Å²) in [5.41, 5.74) is 0. The summed E-state index contributed by atoms with van der Waals surface area (Å²) in [7, 11) is -3.94. The molecular weight excluding hydrogens is 194 g/mol. The first-order valence-electron chi connectivity index (χ1n) is 2.71. The molecule has 0 radical (unpaired) electrons. The van der Waals surface area contributed by atoms with Crippen LogP contribution in [0.15, 0.2) is 0 Å². The maximum Gasteiger partial charge on any atom is 0.264 e. The Hall–Kier alpha value is -0.0200. The van der Waals surface area contributed by atoms with E-state index in [1.165, 1.54) is 0 Å². The second-order valence-corrected chi connectivity index (χ2v) is 4.14. The van der Waals surface area contributed by atoms with Crippen LogP contribution in [0, 0.1) is 0 Å². The highest BCUT2D eigenvalue weighted by Gasteiger charge is 2.03. The minimum atomic E-state index is -3.94. The van der Waals surface area contributed by atoms with Crippen molar-refractivity contribution in [2.24, 2.45) is 0 Å². The lowest BCUT2D eigenvalue weighted by molar-refractivity contribution is 0.480. The van der Waals surface area contributed by atoms with Crippen molar-refractivity contribution >= 4 is 21.4 Å². The Morgan fingerprint density at radius 3 is 2.36 bits per heavy atom. The van der Waals surface area contributed by atoms with Gasteiger partial charge in [-0.15, -0.1) is 0 Å². The number of rotatable bonds is 5. The van der Waals surface area contributed by atoms with E-state index in [2.05, 4.69) is 4.72 Å². The summed E-state index contributed by atoms with van der Waals surface area (Å²) in [5.74, 6) is -0.406. The van der Waals surface area contributed by atoms with Crippen molar-refractivity contribution in [1.29, 1.82) is 0 Å². The standard InChI is InChI=1S/C3H9NO5S2/c5-10(6)4-2-1-3-11(7,8)9/h4H,1-3H2,(H,5,6)(H,7,8,9). The number of hydrogen-bond acceptors (Lipinski definition) is 3. The topological polar surface area (TPSA) is 104 Å². The van der Waals surface area contributed by atoms with Crippen LogP contribution in [-0.2, 0) is 21.4 Å². The van der Waals surface area contributed by atoms with Gasteiger partial charge in [0, 0.05) is 6.54 Å². The summed E-state index contributed by atoms with van der Waals surface area (Å²) in [6, 6.07) is 0. The zero-order valence-corrected chi connectivity index (χ0v) is 7.19. The fraction of sp³-hybridized carbons (Fsp3) is 1.00. The predicted molar refractivity (Wildman–Crippen MR) is 39.8 cm³/mol. The quantitative estimate of drug-likeness (QED) is 0.302. The second-order valence-electron chi connectivity index (χ2n) is 1.78. The third-order valence-corrected chi connectivity index (χ3v) is 2.06. The van der Waals surface area contributed by atoms with E-state index in [4.69, 9.17) is 9.11 Å². The fourth-order valence-corrected chi connectivity index (χ4v) is 1.24. The Balaban J connectivity index is 3.37. The first kappa shape index (κ1) is 11.0. The summed E-state index contributed by atoms with van der Waals surface area (Å²) in [5, 5.41) is 0. The van der Waals surface area contributed by atoms with Gasteiger partial charge in [-0.2, -0.15) is 8.42 Å². The molecule has 0 saturated heterocycles. The highest BCUT2D eigenvalue weighted by atomic mass is 32.2. The molecule has 0 aromatic carbocycles. The van der Waals surface area contributed by atoms with Gasteiger partial charge in [0.15, 0.2) is 0 Å². The molecule has 68 valence electrons. The Morgan fingerprint density at radius 1 is 1.45 bits per heavy atom. The molecule has 8 heteroatoms. The van der Waals surface area contributed by atoms with Crippen LogP contribution in [0.1, 0.15) is 6.42 Å². The molecule has 0 fully saturated rings. The highest BCUT2D eigenvalue weighted by molar-refractivity contribution is 7.85. The molecule has 0 spiro atoms. The summed E-state index contributed by atoms with van der Waals surface area (Å²) < 4.78 is 48.4. The van der Waals surface area contributed by atoms with Gasteiger partial charge in [0.2, 0.25) is 11.3 Å². The minimum Gasteiger partial charge on any atom is -0.294 e. The average Bonchev–Trinajstić information content (AvgIpc) is 1.78. The SMILES string of the molecule is O=S(O)NCCCS(=O)(=O)O. The van der Waals surface area contributed by atoms with Crippen LogP contribution in [0.4, 0.5) is 0 Å². The van der Waals surface area contributed by atoms with Gasteiger partial charge in [-0.1, -0.05) is 0 Å². The lowest BCUT2D eigenvalue weighted by Crippen LogP contribution is -2.19. The van der Waals surface area contributed by atoms with Crippen molar-refractivity contribution in [3.8, 4) is 0 Å². The van der Waals surface area contributed by atoms with Crippen molar-refractivity contribution in [3.63, 3.8) is 0 Å². The molecule has 0 aromatic rings. The van der Waals surface area contributed by atoms with Crippen LogP contribution in [0.2, 0.25) is 0 Å². The summed E-state index contributed by atoms with van der Waals surface area (Å²) in [6.45, 7) is 0.0723. The van der Waals surface area contributed by atoms with E-state index < -0.39 is 27.1 Å². The molecule has 3 N–H and O–H groups in total. The van der Waals surface area contributed by atoms with Crippen molar-refractivity contribution in [2.75, 3.05) is 12.3 Å². The molecule has 0 bridgehead atoms. The maximum atomic E-state index is 10.1. The summed E-state index contributed by atoms with van der Waals surface area (Å²) >= 11 is -2.12. The Labute approximate surface area is 67.2 Å². The molecule has 11 heavy (non-hydrogen) atoms. The number of hydrogen-bond donors (Lipinski definition) is 3. The Bertz CT molecular complexity index is 222. The van der Waals surface area contributed by atoms with E-state index in [1.54, 1.807) is 0 Å². The van der Waals surface area contributed by atoms with Crippen molar-refractivity contribution in [3.05, 3.63) is 0 Å². The van der Waals surface area contributed by atoms with Gasteiger partial charge in [-0.05, 0) is 6.42 Å². The molecule has 6 nitrogen and oxygen atoms in total. The lowest BCUT2D eigenvalue weighted by atomic mass is 10.5. The van der Waals surface area contributed by atoms with Crippen molar-refractivity contribution < 1.29 is 21.7 Å². The zero-order chi connectivity index (χ0) is 8.91. The largest absolute Gasteiger partial charge is 0.294 e. The third kappa shape index (κ3) is 9.98. The summed E-state index contributed by atoms with van der Waals surface area (Å²) in [6.07, 6.45) is 0.102. The van der Waals surface area contributed by atoms with Crippen LogP contribution < -0.4 is 4.72 Å². The molecule has 0 aliphatic rings. The van der Waals surface area contributed by atoms with Crippen molar-refractivity contribution in [1.82, 2.24) is 4.72 Å². The molecule has 0 aromatic heterocycles. The zero-order valence-electron chi connectivity index (χ0n) is 5.56. The van der Waals surface area contributed by atoms with Gasteiger partial charge in [0.25, 0.3) is 10.1 Å². The Kier molecular flexibility index (Phi) is 4.77. The molecule has 0 heterocycles. The van der Waals surface area contributed by atoms with E-state index in [0.717, 1.165) is 0 Å². The Morgan fingerprint density at radius 2 is 2.00 bits per heavy atom. The first-order chi connectivity index (χ1) is 4.92. The van der Waals surface area contributed by atoms with Crippen LogP contribution >= 0.6 is 0 Å². The second kappa shape index (κ2) is 4.78. The summed E-state index contributed by atoms with van der Waals surface area (Å²) in [4.78, 5) is 0. The monoisotopic (exact) mass is 203 g/mol. The lowest BCUT2D eigenvalue weighted by Gasteiger charge is -1.96. The normalized spacial score (nSPS) is 14.7. The van der Waals surface area contributed by atoms with E-state index in [-0.39, 0.29) is 13.0 Å². The molecule has 1 unspecified atom stereocenters. The van der Waals surface area contributed by atoms with E-state index in [0.29, 0.717) is 0 Å². The van der Waals surface area contributed by atoms with Crippen LogP contribution in [0.3, 0.4) is 0 Å². The molecular formula is C3H9NO5S2. The van der Waals surface area contributed by atoms with Gasteiger partial charge < -0.3 is 0 Å². The molecule has 0 aliphatic heterocycles. The van der Waals surface area contributed by atoms with Gasteiger partial charge in [-0.3, -0.25) is 9.11 Å². The molecule has 0 rings (SSSR count). The van der Waals surface area contributed by atoms with E-state index >= 15 is 0 Å². The van der Waals surface area contributed by atoms with Crippen molar-refractivity contribution in [2.45, 2.75) is 6.42 Å². The van der Waals surface area contributed by atoms with Gasteiger partial charge in [-0.25, -0.2) is 8.93 Å². The number of nitrogens with one attached hydrogen (secondary N) is 1. The minimum absolute atomic E-state index is 0.0723. The van der Waals surface area contributed by atoms with Gasteiger partial charge in [0.05, 0.1) is 5.75 Å². The molecule has 1 atom stereocenters. The highest BCUT2D eigenvalue weighted by Crippen LogP contribution is 1.86. The first-order valence-corrected chi connectivity index (χ1v) is 5.43. The van der Waals surface area contributed by atoms with E-state index in [9.17, 15) is 12.6 Å². The van der Waals surface area contributed by atoms with Crippen LogP contribution in [0.25, 0.3) is 0 Å². The predicted octanol–water partition coefficient (Wildman–Crippen LogP) is -1.01. The van der Waals surface area contributed by atoms with Gasteiger partial charge >= 0.3 is 0 Å². The average molecular weight is 203 g/mol. The third-order valence-electron chi connectivity index (χ3n) is 0.805. The van der Waals surface area contributed by atoms with E-state index in [1.807, 2.05) is 0 Å². The smallest absolute Gasteiger partial charge is 0.264 e. The van der Waals surface area contributed by atoms with Gasteiger partial charge in [0.1, 0.15) is 0 Å². The fourth-order valence-electron chi connectivity index (χ4n) is 0.414. The molecule has 0 amide bonds. The molecule has 0 aliphatic carbocycles. The van der Waals surface area contributed by atoms with Crippen LogP contribution in [-0.4, -0.2) is 34.0 Å². The maximum absolute atomic E-state index is 10.1. The van der Waals surface area contributed by atoms with Crippen LogP contribution in [0.5, 0.6) is 0 Å². The molecule has 0 saturated carbocycles.